The molecule has 1 aliphatic rings. The number of halogens is 1. The number of hydrogen-bond donors (Lipinski definition) is 1. The Labute approximate surface area is 125 Å². The zero-order valence-electron chi connectivity index (χ0n) is 12.0. The molecular weight excluding hydrogens is 276 g/mol. The van der Waals surface area contributed by atoms with Gasteiger partial charge in [-0.25, -0.2) is 0 Å². The van der Waals surface area contributed by atoms with Gasteiger partial charge in [-0.05, 0) is 37.0 Å². The highest BCUT2D eigenvalue weighted by molar-refractivity contribution is 6.31. The van der Waals surface area contributed by atoms with Crippen molar-refractivity contribution in [3.05, 3.63) is 23.2 Å². The summed E-state index contributed by atoms with van der Waals surface area (Å²) in [5, 5.41) is 3.58. The van der Waals surface area contributed by atoms with Gasteiger partial charge < -0.3 is 15.0 Å². The lowest BCUT2D eigenvalue weighted by Gasteiger charge is -2.22. The SMILES string of the molecule is CN(C)c1ccc(Cl)cc1NC(=O)CC1CCCOC1. The second-order valence-electron chi connectivity index (χ2n) is 5.39. The topological polar surface area (TPSA) is 41.6 Å². The van der Waals surface area contributed by atoms with Crippen molar-refractivity contribution < 1.29 is 9.53 Å². The molecule has 1 N–H and O–H groups in total. The fraction of sp³-hybridized carbons (Fsp3) is 0.533. The Bertz CT molecular complexity index is 471. The van der Waals surface area contributed by atoms with Crippen LogP contribution in [0.3, 0.4) is 0 Å². The highest BCUT2D eigenvalue weighted by atomic mass is 35.5. The summed E-state index contributed by atoms with van der Waals surface area (Å²) in [6, 6.07) is 5.51. The van der Waals surface area contributed by atoms with Crippen molar-refractivity contribution >= 4 is 28.9 Å². The largest absolute Gasteiger partial charge is 0.381 e. The van der Waals surface area contributed by atoms with Gasteiger partial charge in [0.15, 0.2) is 0 Å². The Balaban J connectivity index is 2.01. The van der Waals surface area contributed by atoms with Gasteiger partial charge in [0.25, 0.3) is 0 Å². The van der Waals surface area contributed by atoms with Gasteiger partial charge in [-0.15, -0.1) is 0 Å². The molecule has 1 atom stereocenters. The summed E-state index contributed by atoms with van der Waals surface area (Å²) >= 11 is 6.01. The minimum atomic E-state index is 0.0193. The summed E-state index contributed by atoms with van der Waals surface area (Å²) in [6.07, 6.45) is 2.60. The Kier molecular flexibility index (Phi) is 5.26. The van der Waals surface area contributed by atoms with Crippen molar-refractivity contribution in [1.82, 2.24) is 0 Å². The molecule has 0 saturated carbocycles. The van der Waals surface area contributed by atoms with Crippen molar-refractivity contribution in [2.75, 3.05) is 37.5 Å². The lowest BCUT2D eigenvalue weighted by molar-refractivity contribution is -0.118. The van der Waals surface area contributed by atoms with Crippen LogP contribution in [0, 0.1) is 5.92 Å². The van der Waals surface area contributed by atoms with Crippen LogP contribution in [0.25, 0.3) is 0 Å². The first kappa shape index (κ1) is 15.1. The zero-order chi connectivity index (χ0) is 14.5. The van der Waals surface area contributed by atoms with Crippen molar-refractivity contribution in [3.63, 3.8) is 0 Å². The molecule has 1 saturated heterocycles. The monoisotopic (exact) mass is 296 g/mol. The van der Waals surface area contributed by atoms with Crippen LogP contribution in [-0.2, 0) is 9.53 Å². The number of benzene rings is 1. The number of nitrogens with zero attached hydrogens (tertiary/aromatic N) is 1. The molecule has 1 fully saturated rings. The Hall–Kier alpha value is -1.26. The summed E-state index contributed by atoms with van der Waals surface area (Å²) in [5.74, 6) is 0.344. The molecule has 110 valence electrons. The fourth-order valence-electron chi connectivity index (χ4n) is 2.43. The van der Waals surface area contributed by atoms with E-state index in [2.05, 4.69) is 5.32 Å². The molecule has 1 unspecified atom stereocenters. The van der Waals surface area contributed by atoms with Gasteiger partial charge in [0, 0.05) is 38.8 Å². The van der Waals surface area contributed by atoms with Gasteiger partial charge in [0.05, 0.1) is 11.4 Å². The second-order valence-corrected chi connectivity index (χ2v) is 5.83. The molecular formula is C15H21ClN2O2. The molecule has 0 spiro atoms. The Morgan fingerprint density at radius 1 is 1.50 bits per heavy atom. The van der Waals surface area contributed by atoms with Gasteiger partial charge in [0.2, 0.25) is 5.91 Å². The Morgan fingerprint density at radius 2 is 2.30 bits per heavy atom. The summed E-state index contributed by atoms with van der Waals surface area (Å²) in [4.78, 5) is 14.1. The lowest BCUT2D eigenvalue weighted by atomic mass is 9.98. The fourth-order valence-corrected chi connectivity index (χ4v) is 2.60. The Morgan fingerprint density at radius 3 is 2.95 bits per heavy atom. The normalized spacial score (nSPS) is 18.6. The number of rotatable bonds is 4. The van der Waals surface area contributed by atoms with E-state index in [0.29, 0.717) is 24.0 Å². The molecule has 0 bridgehead atoms. The predicted octanol–water partition coefficient (Wildman–Crippen LogP) is 3.16. The maximum atomic E-state index is 12.1. The van der Waals surface area contributed by atoms with Gasteiger partial charge in [0.1, 0.15) is 0 Å². The van der Waals surface area contributed by atoms with Crippen molar-refractivity contribution in [2.24, 2.45) is 5.92 Å². The zero-order valence-corrected chi connectivity index (χ0v) is 12.7. The van der Waals surface area contributed by atoms with E-state index < -0.39 is 0 Å². The summed E-state index contributed by atoms with van der Waals surface area (Å²) in [5.41, 5.74) is 1.70. The predicted molar refractivity (Wildman–Crippen MR) is 82.6 cm³/mol. The van der Waals surface area contributed by atoms with E-state index in [4.69, 9.17) is 16.3 Å². The number of carbonyl (C=O) groups excluding carboxylic acids is 1. The number of amides is 1. The second kappa shape index (κ2) is 6.95. The minimum absolute atomic E-state index is 0.0193. The van der Waals surface area contributed by atoms with Crippen LogP contribution in [-0.4, -0.2) is 33.2 Å². The average molecular weight is 297 g/mol. The first-order valence-electron chi connectivity index (χ1n) is 6.90. The number of ether oxygens (including phenoxy) is 1. The van der Waals surface area contributed by atoms with Gasteiger partial charge in [-0.3, -0.25) is 4.79 Å². The van der Waals surface area contributed by atoms with Crippen molar-refractivity contribution in [3.8, 4) is 0 Å². The maximum Gasteiger partial charge on any atom is 0.224 e. The van der Waals surface area contributed by atoms with Crippen LogP contribution in [0.1, 0.15) is 19.3 Å². The molecule has 1 amide bonds. The van der Waals surface area contributed by atoms with Gasteiger partial charge in [-0.2, -0.15) is 0 Å². The summed E-state index contributed by atoms with van der Waals surface area (Å²) in [6.45, 7) is 1.50. The highest BCUT2D eigenvalue weighted by Crippen LogP contribution is 2.28. The summed E-state index contributed by atoms with van der Waals surface area (Å²) in [7, 11) is 3.88. The average Bonchev–Trinajstić information content (AvgIpc) is 2.39. The van der Waals surface area contributed by atoms with Crippen LogP contribution < -0.4 is 10.2 Å². The molecule has 4 nitrogen and oxygen atoms in total. The van der Waals surface area contributed by atoms with E-state index in [1.54, 1.807) is 6.07 Å². The molecule has 1 aromatic carbocycles. The molecule has 0 aromatic heterocycles. The van der Waals surface area contributed by atoms with E-state index in [1.165, 1.54) is 0 Å². The first-order valence-corrected chi connectivity index (χ1v) is 7.28. The van der Waals surface area contributed by atoms with E-state index in [-0.39, 0.29) is 5.91 Å². The standard InChI is InChI=1S/C15H21ClN2O2/c1-18(2)14-6-5-12(16)9-13(14)17-15(19)8-11-4-3-7-20-10-11/h5-6,9,11H,3-4,7-8,10H2,1-2H3,(H,17,19). The third-order valence-corrected chi connectivity index (χ3v) is 3.68. The van der Waals surface area contributed by atoms with E-state index >= 15 is 0 Å². The number of nitrogens with one attached hydrogen (secondary N) is 1. The van der Waals surface area contributed by atoms with E-state index in [1.807, 2.05) is 31.1 Å². The molecule has 5 heteroatoms. The summed E-state index contributed by atoms with van der Waals surface area (Å²) < 4.78 is 5.40. The van der Waals surface area contributed by atoms with Crippen molar-refractivity contribution in [2.45, 2.75) is 19.3 Å². The molecule has 0 aliphatic carbocycles. The molecule has 1 aromatic rings. The minimum Gasteiger partial charge on any atom is -0.381 e. The maximum absolute atomic E-state index is 12.1. The third kappa shape index (κ3) is 4.12. The molecule has 0 radical (unpaired) electrons. The number of carbonyl (C=O) groups is 1. The molecule has 2 rings (SSSR count). The first-order chi connectivity index (χ1) is 9.56. The highest BCUT2D eigenvalue weighted by Gasteiger charge is 2.18. The van der Waals surface area contributed by atoms with E-state index in [0.717, 1.165) is 30.8 Å². The van der Waals surface area contributed by atoms with Crippen LogP contribution in [0.15, 0.2) is 18.2 Å². The van der Waals surface area contributed by atoms with E-state index in [9.17, 15) is 4.79 Å². The number of hydrogen-bond acceptors (Lipinski definition) is 3. The van der Waals surface area contributed by atoms with Gasteiger partial charge >= 0.3 is 0 Å². The van der Waals surface area contributed by atoms with Crippen LogP contribution in [0.4, 0.5) is 11.4 Å². The van der Waals surface area contributed by atoms with Crippen LogP contribution in [0.2, 0.25) is 5.02 Å². The number of anilines is 2. The molecule has 1 aliphatic heterocycles. The van der Waals surface area contributed by atoms with Crippen molar-refractivity contribution in [1.29, 1.82) is 0 Å². The third-order valence-electron chi connectivity index (χ3n) is 3.44. The van der Waals surface area contributed by atoms with Crippen LogP contribution >= 0.6 is 11.6 Å². The lowest BCUT2D eigenvalue weighted by Crippen LogP contribution is -2.24. The van der Waals surface area contributed by atoms with Gasteiger partial charge in [-0.1, -0.05) is 11.6 Å². The quantitative estimate of drug-likeness (QED) is 0.928. The molecule has 20 heavy (non-hydrogen) atoms. The van der Waals surface area contributed by atoms with Crippen LogP contribution in [0.5, 0.6) is 0 Å². The smallest absolute Gasteiger partial charge is 0.224 e. The molecule has 1 heterocycles.